The molecule has 4 heteroatoms. The average molecular weight is 280 g/mol. The van der Waals surface area contributed by atoms with Gasteiger partial charge in [-0.15, -0.1) is 11.8 Å². The predicted octanol–water partition coefficient (Wildman–Crippen LogP) is 3.09. The van der Waals surface area contributed by atoms with E-state index in [1.54, 1.807) is 11.8 Å². The van der Waals surface area contributed by atoms with Crippen molar-refractivity contribution in [1.82, 2.24) is 0 Å². The van der Waals surface area contributed by atoms with E-state index in [1.165, 1.54) is 10.5 Å². The molecule has 3 nitrogen and oxygen atoms in total. The summed E-state index contributed by atoms with van der Waals surface area (Å²) in [7, 11) is 0. The lowest BCUT2D eigenvalue weighted by Crippen LogP contribution is -2.38. The highest BCUT2D eigenvalue weighted by molar-refractivity contribution is 7.99. The predicted molar refractivity (Wildman–Crippen MR) is 76.4 cm³/mol. The number of aliphatic carboxylic acids is 1. The number of rotatable bonds is 4. The van der Waals surface area contributed by atoms with Crippen molar-refractivity contribution >= 4 is 17.7 Å². The van der Waals surface area contributed by atoms with Crippen molar-refractivity contribution < 1.29 is 15.0 Å². The maximum atomic E-state index is 10.9. The zero-order chi connectivity index (χ0) is 13.9. The molecule has 1 aromatic carbocycles. The highest BCUT2D eigenvalue weighted by atomic mass is 32.2. The van der Waals surface area contributed by atoms with E-state index in [0.717, 1.165) is 0 Å². The number of aryl methyl sites for hydroxylation is 1. The van der Waals surface area contributed by atoms with Crippen LogP contribution in [-0.2, 0) is 4.79 Å². The Labute approximate surface area is 118 Å². The van der Waals surface area contributed by atoms with Crippen LogP contribution >= 0.6 is 11.8 Å². The summed E-state index contributed by atoms with van der Waals surface area (Å²) < 4.78 is 0. The zero-order valence-electron chi connectivity index (χ0n) is 11.1. The van der Waals surface area contributed by atoms with Crippen LogP contribution in [0.15, 0.2) is 29.2 Å². The van der Waals surface area contributed by atoms with Crippen molar-refractivity contribution in [2.24, 2.45) is 5.92 Å². The number of thioether (sulfide) groups is 1. The fourth-order valence-corrected chi connectivity index (χ4v) is 3.66. The summed E-state index contributed by atoms with van der Waals surface area (Å²) in [4.78, 5) is 12.1. The van der Waals surface area contributed by atoms with Gasteiger partial charge in [-0.25, -0.2) is 0 Å². The standard InChI is InChI=1S/C15H20O3S/c1-11-4-2-3-5-13(11)19-10-15(18)8-6-12(7-9-15)14(16)17/h2-5,12,18H,6-10H2,1H3,(H,16,17). The van der Waals surface area contributed by atoms with Gasteiger partial charge in [0, 0.05) is 10.6 Å². The molecule has 2 N–H and O–H groups in total. The molecule has 1 saturated carbocycles. The number of hydrogen-bond acceptors (Lipinski definition) is 3. The number of hydrogen-bond donors (Lipinski definition) is 2. The quantitative estimate of drug-likeness (QED) is 0.832. The first-order chi connectivity index (χ1) is 9.00. The van der Waals surface area contributed by atoms with E-state index in [4.69, 9.17) is 5.11 Å². The highest BCUT2D eigenvalue weighted by Crippen LogP contribution is 2.36. The van der Waals surface area contributed by atoms with Crippen molar-refractivity contribution in [2.45, 2.75) is 43.1 Å². The summed E-state index contributed by atoms with van der Waals surface area (Å²) >= 11 is 1.66. The van der Waals surface area contributed by atoms with Crippen LogP contribution in [0, 0.1) is 12.8 Å². The molecule has 1 fully saturated rings. The SMILES string of the molecule is Cc1ccccc1SCC1(O)CCC(C(=O)O)CC1. The Hall–Kier alpha value is -1.00. The molecule has 0 atom stereocenters. The molecule has 0 radical (unpaired) electrons. The second kappa shape index (κ2) is 5.97. The van der Waals surface area contributed by atoms with Gasteiger partial charge in [0.15, 0.2) is 0 Å². The van der Waals surface area contributed by atoms with E-state index in [0.29, 0.717) is 31.4 Å². The topological polar surface area (TPSA) is 57.5 Å². The molecule has 0 unspecified atom stereocenters. The van der Waals surface area contributed by atoms with Gasteiger partial charge in [0.25, 0.3) is 0 Å². The number of carbonyl (C=O) groups is 1. The first kappa shape index (κ1) is 14.4. The molecule has 1 aliphatic rings. The Morgan fingerprint density at radius 2 is 2.00 bits per heavy atom. The first-order valence-electron chi connectivity index (χ1n) is 6.64. The van der Waals surface area contributed by atoms with Crippen LogP contribution in [0.2, 0.25) is 0 Å². The smallest absolute Gasteiger partial charge is 0.306 e. The molecule has 104 valence electrons. The Morgan fingerprint density at radius 3 is 2.58 bits per heavy atom. The van der Waals surface area contributed by atoms with E-state index >= 15 is 0 Å². The molecule has 2 rings (SSSR count). The van der Waals surface area contributed by atoms with Gasteiger partial charge in [0.2, 0.25) is 0 Å². The minimum Gasteiger partial charge on any atom is -0.481 e. The van der Waals surface area contributed by atoms with Gasteiger partial charge >= 0.3 is 5.97 Å². The molecule has 0 amide bonds. The van der Waals surface area contributed by atoms with Gasteiger partial charge in [0.1, 0.15) is 0 Å². The number of aliphatic hydroxyl groups is 1. The zero-order valence-corrected chi connectivity index (χ0v) is 11.9. The molecule has 0 heterocycles. The van der Waals surface area contributed by atoms with Gasteiger partial charge in [0.05, 0.1) is 11.5 Å². The first-order valence-corrected chi connectivity index (χ1v) is 7.62. The van der Waals surface area contributed by atoms with Crippen LogP contribution in [0.25, 0.3) is 0 Å². The number of carboxylic acids is 1. The third-order valence-corrected chi connectivity index (χ3v) is 5.31. The molecule has 0 aliphatic heterocycles. The Bertz CT molecular complexity index is 450. The number of benzene rings is 1. The minimum absolute atomic E-state index is 0.274. The maximum absolute atomic E-state index is 10.9. The average Bonchev–Trinajstić information content (AvgIpc) is 2.38. The summed E-state index contributed by atoms with van der Waals surface area (Å²) in [5, 5.41) is 19.5. The van der Waals surface area contributed by atoms with Crippen LogP contribution in [0.3, 0.4) is 0 Å². The highest BCUT2D eigenvalue weighted by Gasteiger charge is 2.35. The van der Waals surface area contributed by atoms with Crippen molar-refractivity contribution in [3.8, 4) is 0 Å². The van der Waals surface area contributed by atoms with Gasteiger partial charge in [-0.3, -0.25) is 4.79 Å². The van der Waals surface area contributed by atoms with Crippen LogP contribution in [-0.4, -0.2) is 27.5 Å². The van der Waals surface area contributed by atoms with E-state index in [9.17, 15) is 9.90 Å². The maximum Gasteiger partial charge on any atom is 0.306 e. The van der Waals surface area contributed by atoms with E-state index < -0.39 is 11.6 Å². The van der Waals surface area contributed by atoms with Gasteiger partial charge in [-0.2, -0.15) is 0 Å². The van der Waals surface area contributed by atoms with Crippen LogP contribution in [0.5, 0.6) is 0 Å². The third-order valence-electron chi connectivity index (χ3n) is 3.86. The van der Waals surface area contributed by atoms with Gasteiger partial charge in [-0.05, 0) is 44.2 Å². The van der Waals surface area contributed by atoms with Crippen LogP contribution in [0.4, 0.5) is 0 Å². The lowest BCUT2D eigenvalue weighted by molar-refractivity contribution is -0.144. The van der Waals surface area contributed by atoms with Crippen molar-refractivity contribution in [3.63, 3.8) is 0 Å². The monoisotopic (exact) mass is 280 g/mol. The van der Waals surface area contributed by atoms with E-state index in [2.05, 4.69) is 19.1 Å². The number of carboxylic acid groups (broad SMARTS) is 1. The molecular weight excluding hydrogens is 260 g/mol. The molecule has 0 aromatic heterocycles. The second-order valence-corrected chi connectivity index (χ2v) is 6.41. The summed E-state index contributed by atoms with van der Waals surface area (Å²) in [6, 6.07) is 8.13. The Kier molecular flexibility index (Phi) is 4.53. The summed E-state index contributed by atoms with van der Waals surface area (Å²) in [6.07, 6.45) is 2.34. The molecule has 0 saturated heterocycles. The molecular formula is C15H20O3S. The molecule has 1 aromatic rings. The fourth-order valence-electron chi connectivity index (χ4n) is 2.48. The lowest BCUT2D eigenvalue weighted by atomic mass is 9.80. The summed E-state index contributed by atoms with van der Waals surface area (Å²) in [5.41, 5.74) is 0.508. The third kappa shape index (κ3) is 3.74. The molecule has 0 spiro atoms. The lowest BCUT2D eigenvalue weighted by Gasteiger charge is -2.34. The fraction of sp³-hybridized carbons (Fsp3) is 0.533. The Morgan fingerprint density at radius 1 is 1.37 bits per heavy atom. The van der Waals surface area contributed by atoms with Crippen LogP contribution in [0.1, 0.15) is 31.2 Å². The van der Waals surface area contributed by atoms with Gasteiger partial charge in [-0.1, -0.05) is 18.2 Å². The molecule has 0 bridgehead atoms. The van der Waals surface area contributed by atoms with Crippen molar-refractivity contribution in [2.75, 3.05) is 5.75 Å². The van der Waals surface area contributed by atoms with Crippen molar-refractivity contribution in [1.29, 1.82) is 0 Å². The molecule has 19 heavy (non-hydrogen) atoms. The van der Waals surface area contributed by atoms with Crippen LogP contribution < -0.4 is 0 Å². The normalized spacial score (nSPS) is 27.2. The van der Waals surface area contributed by atoms with E-state index in [1.807, 2.05) is 12.1 Å². The molecule has 1 aliphatic carbocycles. The minimum atomic E-state index is -0.728. The van der Waals surface area contributed by atoms with Gasteiger partial charge < -0.3 is 10.2 Å². The Balaban J connectivity index is 1.90. The van der Waals surface area contributed by atoms with Crippen molar-refractivity contribution in [3.05, 3.63) is 29.8 Å². The largest absolute Gasteiger partial charge is 0.481 e. The second-order valence-electron chi connectivity index (χ2n) is 5.39. The van der Waals surface area contributed by atoms with E-state index in [-0.39, 0.29) is 5.92 Å². The summed E-state index contributed by atoms with van der Waals surface area (Å²) in [6.45, 7) is 2.06. The summed E-state index contributed by atoms with van der Waals surface area (Å²) in [5.74, 6) is -0.359.